The molecule has 0 radical (unpaired) electrons. The molecule has 0 bridgehead atoms. The van der Waals surface area contributed by atoms with Gasteiger partial charge < -0.3 is 5.11 Å². The van der Waals surface area contributed by atoms with Crippen molar-refractivity contribution in [1.82, 2.24) is 0 Å². The maximum absolute atomic E-state index is 12.3. The van der Waals surface area contributed by atoms with Crippen LogP contribution >= 0.6 is 11.3 Å². The van der Waals surface area contributed by atoms with Crippen LogP contribution < -0.4 is 4.72 Å². The van der Waals surface area contributed by atoms with Gasteiger partial charge in [0.25, 0.3) is 0 Å². The topological polar surface area (TPSA) is 83.5 Å². The minimum Gasteiger partial charge on any atom is -0.477 e. The molecule has 0 aliphatic heterocycles. The van der Waals surface area contributed by atoms with E-state index in [-0.39, 0.29) is 10.6 Å². The lowest BCUT2D eigenvalue weighted by molar-refractivity contribution is 0.0703. The van der Waals surface area contributed by atoms with Gasteiger partial charge in [-0.25, -0.2) is 13.2 Å². The third-order valence-electron chi connectivity index (χ3n) is 3.40. The van der Waals surface area contributed by atoms with E-state index in [1.54, 1.807) is 12.3 Å². The number of sulfonamides is 1. The van der Waals surface area contributed by atoms with Crippen LogP contribution in [0.3, 0.4) is 0 Å². The van der Waals surface area contributed by atoms with Crippen molar-refractivity contribution in [2.24, 2.45) is 0 Å². The second kappa shape index (κ2) is 5.50. The molecule has 106 valence electrons. The largest absolute Gasteiger partial charge is 0.477 e. The summed E-state index contributed by atoms with van der Waals surface area (Å²) in [6.45, 7) is 1.71. The van der Waals surface area contributed by atoms with E-state index in [0.29, 0.717) is 18.4 Å². The van der Waals surface area contributed by atoms with Gasteiger partial charge in [0.2, 0.25) is 10.0 Å². The van der Waals surface area contributed by atoms with Crippen molar-refractivity contribution < 1.29 is 18.3 Å². The number of anilines is 1. The summed E-state index contributed by atoms with van der Waals surface area (Å²) in [5, 5.41) is 10.3. The van der Waals surface area contributed by atoms with Crippen molar-refractivity contribution in [1.29, 1.82) is 0 Å². The summed E-state index contributed by atoms with van der Waals surface area (Å²) in [6, 6.07) is 0. The Labute approximate surface area is 116 Å². The average Bonchev–Trinajstić information content (AvgIpc) is 2.72. The Morgan fingerprint density at radius 3 is 2.58 bits per heavy atom. The van der Waals surface area contributed by atoms with E-state index in [9.17, 15) is 13.2 Å². The molecule has 1 aromatic rings. The molecule has 1 fully saturated rings. The van der Waals surface area contributed by atoms with Gasteiger partial charge >= 0.3 is 5.97 Å². The molecule has 1 aliphatic rings. The SMILES string of the molecule is Cc1csc(C(=O)O)c1NS(=O)(=O)C1CCCCC1. The number of aromatic carboxylic acids is 1. The van der Waals surface area contributed by atoms with E-state index in [1.165, 1.54) is 0 Å². The summed E-state index contributed by atoms with van der Waals surface area (Å²) in [5.74, 6) is -1.10. The summed E-state index contributed by atoms with van der Waals surface area (Å²) in [4.78, 5) is 11.1. The van der Waals surface area contributed by atoms with Gasteiger partial charge in [0.1, 0.15) is 4.88 Å². The number of carboxylic acid groups (broad SMARTS) is 1. The molecule has 0 atom stereocenters. The van der Waals surface area contributed by atoms with Gasteiger partial charge in [-0.05, 0) is 30.7 Å². The molecule has 2 rings (SSSR count). The highest BCUT2D eigenvalue weighted by molar-refractivity contribution is 7.93. The number of carboxylic acids is 1. The van der Waals surface area contributed by atoms with Gasteiger partial charge in [-0.1, -0.05) is 19.3 Å². The Kier molecular flexibility index (Phi) is 4.15. The molecule has 1 heterocycles. The van der Waals surface area contributed by atoms with Gasteiger partial charge in [0.15, 0.2) is 0 Å². The molecule has 5 nitrogen and oxygen atoms in total. The van der Waals surface area contributed by atoms with Crippen LogP contribution in [0.4, 0.5) is 5.69 Å². The Bertz CT molecular complexity index is 571. The molecule has 0 aromatic carbocycles. The van der Waals surface area contributed by atoms with Crippen LogP contribution in [0.25, 0.3) is 0 Å². The molecular formula is C12H17NO4S2. The Balaban J connectivity index is 2.24. The van der Waals surface area contributed by atoms with E-state index in [2.05, 4.69) is 4.72 Å². The number of rotatable bonds is 4. The molecule has 0 spiro atoms. The first-order valence-corrected chi connectivity index (χ1v) is 8.67. The summed E-state index contributed by atoms with van der Waals surface area (Å²) >= 11 is 1.05. The van der Waals surface area contributed by atoms with E-state index in [1.807, 2.05) is 0 Å². The molecule has 1 saturated carbocycles. The van der Waals surface area contributed by atoms with E-state index in [4.69, 9.17) is 5.11 Å². The first-order valence-electron chi connectivity index (χ1n) is 6.25. The number of hydrogen-bond acceptors (Lipinski definition) is 4. The van der Waals surface area contributed by atoms with Crippen LogP contribution in [0.1, 0.15) is 47.3 Å². The molecular weight excluding hydrogens is 286 g/mol. The highest BCUT2D eigenvalue weighted by Crippen LogP contribution is 2.31. The average molecular weight is 303 g/mol. The van der Waals surface area contributed by atoms with Crippen LogP contribution in [-0.2, 0) is 10.0 Å². The predicted molar refractivity (Wildman–Crippen MR) is 75.4 cm³/mol. The summed E-state index contributed by atoms with van der Waals surface area (Å²) in [7, 11) is -3.49. The molecule has 19 heavy (non-hydrogen) atoms. The number of hydrogen-bond donors (Lipinski definition) is 2. The van der Waals surface area contributed by atoms with Crippen molar-refractivity contribution >= 4 is 33.0 Å². The normalized spacial score (nSPS) is 17.3. The van der Waals surface area contributed by atoms with Gasteiger partial charge in [-0.15, -0.1) is 11.3 Å². The third kappa shape index (κ3) is 3.09. The molecule has 1 aliphatic carbocycles. The number of aryl methyl sites for hydroxylation is 1. The molecule has 0 unspecified atom stereocenters. The summed E-state index contributed by atoms with van der Waals surface area (Å²) in [5.41, 5.74) is 0.879. The fourth-order valence-electron chi connectivity index (χ4n) is 2.33. The van der Waals surface area contributed by atoms with Gasteiger partial charge in [0, 0.05) is 0 Å². The zero-order chi connectivity index (χ0) is 14.0. The van der Waals surface area contributed by atoms with Crippen LogP contribution in [0.2, 0.25) is 0 Å². The zero-order valence-electron chi connectivity index (χ0n) is 10.7. The Morgan fingerprint density at radius 1 is 1.37 bits per heavy atom. The molecule has 0 saturated heterocycles. The van der Waals surface area contributed by atoms with Crippen molar-refractivity contribution in [2.45, 2.75) is 44.3 Å². The Hall–Kier alpha value is -1.08. The van der Waals surface area contributed by atoms with Gasteiger partial charge in [0.05, 0.1) is 10.9 Å². The maximum atomic E-state index is 12.3. The van der Waals surface area contributed by atoms with Gasteiger partial charge in [-0.2, -0.15) is 0 Å². The Morgan fingerprint density at radius 2 is 2.00 bits per heavy atom. The van der Waals surface area contributed by atoms with Crippen LogP contribution in [-0.4, -0.2) is 24.7 Å². The molecule has 7 heteroatoms. The van der Waals surface area contributed by atoms with E-state index < -0.39 is 21.2 Å². The number of thiophene rings is 1. The molecule has 1 aromatic heterocycles. The lowest BCUT2D eigenvalue weighted by atomic mass is 10.0. The highest BCUT2D eigenvalue weighted by Gasteiger charge is 2.29. The lowest BCUT2D eigenvalue weighted by Gasteiger charge is -2.22. The maximum Gasteiger partial charge on any atom is 0.348 e. The summed E-state index contributed by atoms with van der Waals surface area (Å²) < 4.78 is 27.0. The third-order valence-corrected chi connectivity index (χ3v) is 6.33. The quantitative estimate of drug-likeness (QED) is 0.896. The smallest absolute Gasteiger partial charge is 0.348 e. The van der Waals surface area contributed by atoms with Gasteiger partial charge in [-0.3, -0.25) is 4.72 Å². The fourth-order valence-corrected chi connectivity index (χ4v) is 4.91. The minimum absolute atomic E-state index is 0.0527. The van der Waals surface area contributed by atoms with E-state index >= 15 is 0 Å². The second-order valence-electron chi connectivity index (χ2n) is 4.84. The molecule has 0 amide bonds. The first-order chi connectivity index (χ1) is 8.92. The minimum atomic E-state index is -3.49. The zero-order valence-corrected chi connectivity index (χ0v) is 12.3. The predicted octanol–water partition coefficient (Wildman–Crippen LogP) is 2.83. The molecule has 2 N–H and O–H groups in total. The summed E-state index contributed by atoms with van der Waals surface area (Å²) in [6.07, 6.45) is 4.21. The number of carbonyl (C=O) groups is 1. The van der Waals surface area contributed by atoms with Crippen molar-refractivity contribution in [3.05, 3.63) is 15.8 Å². The van der Waals surface area contributed by atoms with Crippen LogP contribution in [0.5, 0.6) is 0 Å². The standard InChI is InChI=1S/C12H17NO4S2/c1-8-7-18-11(12(14)15)10(8)13-19(16,17)9-5-3-2-4-6-9/h7,9,13H,2-6H2,1H3,(H,14,15). The van der Waals surface area contributed by atoms with Crippen molar-refractivity contribution in [3.63, 3.8) is 0 Å². The highest BCUT2D eigenvalue weighted by atomic mass is 32.2. The van der Waals surface area contributed by atoms with Crippen LogP contribution in [0.15, 0.2) is 5.38 Å². The van der Waals surface area contributed by atoms with E-state index in [0.717, 1.165) is 30.6 Å². The van der Waals surface area contributed by atoms with Crippen LogP contribution in [0, 0.1) is 6.92 Å². The second-order valence-corrected chi connectivity index (χ2v) is 7.68. The van der Waals surface area contributed by atoms with Crippen molar-refractivity contribution in [2.75, 3.05) is 4.72 Å². The number of nitrogens with one attached hydrogen (secondary N) is 1. The first kappa shape index (κ1) is 14.3. The lowest BCUT2D eigenvalue weighted by Crippen LogP contribution is -2.30. The monoisotopic (exact) mass is 303 g/mol. The fraction of sp³-hybridized carbons (Fsp3) is 0.583. The van der Waals surface area contributed by atoms with Crippen molar-refractivity contribution in [3.8, 4) is 0 Å².